The summed E-state index contributed by atoms with van der Waals surface area (Å²) >= 11 is 0. The Labute approximate surface area is 117 Å². The number of rotatable bonds is 2. The molecule has 1 amide bonds. The minimum absolute atomic E-state index is 0.170. The maximum Gasteiger partial charge on any atom is 0.232 e. The standard InChI is InChI=1S/C16H16N2O2/c1-8-9-5-10-6-12(10)16(8,15(17)19)11-3-4-14(20-2)18-13(11)7-9/h3-5,9,12H,1,6-7H2,2H3,(H2,17,19)/t9?,12-,16?/m1/s1. The lowest BCUT2D eigenvalue weighted by Gasteiger charge is -2.43. The second kappa shape index (κ2) is 3.51. The zero-order valence-electron chi connectivity index (χ0n) is 11.3. The summed E-state index contributed by atoms with van der Waals surface area (Å²) < 4.78 is 5.19. The molecule has 2 unspecified atom stereocenters. The van der Waals surface area contributed by atoms with Gasteiger partial charge in [-0.05, 0) is 17.6 Å². The predicted molar refractivity (Wildman–Crippen MR) is 74.2 cm³/mol. The SMILES string of the molecule is C=C1C2C=C3C[C@H]3C1(C(N)=O)c1ccc(OC)nc1C2. The Morgan fingerprint density at radius 2 is 2.30 bits per heavy atom. The van der Waals surface area contributed by atoms with Crippen molar-refractivity contribution in [1.82, 2.24) is 4.98 Å². The van der Waals surface area contributed by atoms with Gasteiger partial charge in [0.05, 0.1) is 7.11 Å². The van der Waals surface area contributed by atoms with Crippen LogP contribution in [0, 0.1) is 11.8 Å². The van der Waals surface area contributed by atoms with Gasteiger partial charge in [-0.1, -0.05) is 24.3 Å². The van der Waals surface area contributed by atoms with Crippen molar-refractivity contribution >= 4 is 5.91 Å². The molecule has 0 saturated heterocycles. The maximum atomic E-state index is 12.3. The molecule has 3 aliphatic carbocycles. The van der Waals surface area contributed by atoms with E-state index in [4.69, 9.17) is 10.5 Å². The van der Waals surface area contributed by atoms with Crippen molar-refractivity contribution in [3.63, 3.8) is 0 Å². The Hall–Kier alpha value is -2.10. The van der Waals surface area contributed by atoms with E-state index in [1.807, 2.05) is 6.07 Å². The van der Waals surface area contributed by atoms with Crippen LogP contribution in [-0.4, -0.2) is 18.0 Å². The molecule has 1 fully saturated rings. The number of pyridine rings is 1. The average Bonchev–Trinajstić information content (AvgIpc) is 3.17. The molecule has 0 radical (unpaired) electrons. The number of aromatic nitrogens is 1. The summed E-state index contributed by atoms with van der Waals surface area (Å²) in [5.74, 6) is 0.642. The first kappa shape index (κ1) is 11.7. The van der Waals surface area contributed by atoms with Crippen molar-refractivity contribution in [2.24, 2.45) is 17.6 Å². The van der Waals surface area contributed by atoms with Crippen LogP contribution >= 0.6 is 0 Å². The first-order chi connectivity index (χ1) is 9.58. The molecule has 4 nitrogen and oxygen atoms in total. The van der Waals surface area contributed by atoms with Crippen LogP contribution in [0.1, 0.15) is 17.7 Å². The van der Waals surface area contributed by atoms with E-state index in [0.29, 0.717) is 5.88 Å². The van der Waals surface area contributed by atoms with Gasteiger partial charge in [0, 0.05) is 30.0 Å². The highest BCUT2D eigenvalue weighted by Gasteiger charge is 2.62. The molecule has 102 valence electrons. The molecule has 1 heterocycles. The summed E-state index contributed by atoms with van der Waals surface area (Å²) in [6, 6.07) is 3.74. The highest BCUT2D eigenvalue weighted by Crippen LogP contribution is 2.63. The normalized spacial score (nSPS) is 32.9. The lowest BCUT2D eigenvalue weighted by atomic mass is 9.59. The van der Waals surface area contributed by atoms with Crippen LogP contribution in [0.25, 0.3) is 0 Å². The largest absolute Gasteiger partial charge is 0.481 e. The van der Waals surface area contributed by atoms with E-state index in [-0.39, 0.29) is 17.7 Å². The number of primary amides is 1. The highest BCUT2D eigenvalue weighted by atomic mass is 16.5. The molecule has 1 saturated carbocycles. The summed E-state index contributed by atoms with van der Waals surface area (Å²) in [7, 11) is 1.60. The second-order valence-electron chi connectivity index (χ2n) is 5.85. The fraction of sp³-hybridized carbons (Fsp3) is 0.375. The quantitative estimate of drug-likeness (QED) is 0.827. The zero-order valence-corrected chi connectivity index (χ0v) is 11.3. The summed E-state index contributed by atoms with van der Waals surface area (Å²) in [6.07, 6.45) is 3.97. The fourth-order valence-corrected chi connectivity index (χ4v) is 3.99. The van der Waals surface area contributed by atoms with Gasteiger partial charge in [0.1, 0.15) is 5.41 Å². The van der Waals surface area contributed by atoms with Crippen LogP contribution < -0.4 is 10.5 Å². The third kappa shape index (κ3) is 1.17. The number of carbonyl (C=O) groups is 1. The second-order valence-corrected chi connectivity index (χ2v) is 5.85. The van der Waals surface area contributed by atoms with Gasteiger partial charge in [0.2, 0.25) is 11.8 Å². The molecule has 0 aliphatic heterocycles. The van der Waals surface area contributed by atoms with Gasteiger partial charge in [-0.2, -0.15) is 0 Å². The van der Waals surface area contributed by atoms with Crippen molar-refractivity contribution in [3.05, 3.63) is 47.2 Å². The number of hydrogen-bond acceptors (Lipinski definition) is 3. The number of fused-ring (bicyclic) bond motifs is 6. The van der Waals surface area contributed by atoms with Crippen molar-refractivity contribution < 1.29 is 9.53 Å². The van der Waals surface area contributed by atoms with Gasteiger partial charge in [-0.25, -0.2) is 4.98 Å². The summed E-state index contributed by atoms with van der Waals surface area (Å²) in [5.41, 5.74) is 9.21. The molecule has 1 aromatic heterocycles. The van der Waals surface area contributed by atoms with E-state index in [1.54, 1.807) is 13.2 Å². The first-order valence-corrected chi connectivity index (χ1v) is 6.83. The third-order valence-electron chi connectivity index (χ3n) is 5.00. The van der Waals surface area contributed by atoms with E-state index in [1.165, 1.54) is 5.57 Å². The molecule has 2 bridgehead atoms. The molecule has 0 aromatic carbocycles. The number of allylic oxidation sites excluding steroid dienone is 2. The Kier molecular flexibility index (Phi) is 2.05. The molecular formula is C16H16N2O2. The minimum atomic E-state index is -0.748. The van der Waals surface area contributed by atoms with Crippen LogP contribution in [0.4, 0.5) is 0 Å². The Morgan fingerprint density at radius 1 is 1.50 bits per heavy atom. The molecule has 2 N–H and O–H groups in total. The molecule has 0 spiro atoms. The van der Waals surface area contributed by atoms with Gasteiger partial charge in [-0.15, -0.1) is 0 Å². The van der Waals surface area contributed by atoms with Gasteiger partial charge in [0.25, 0.3) is 0 Å². The summed E-state index contributed by atoms with van der Waals surface area (Å²) in [5, 5.41) is 0. The van der Waals surface area contributed by atoms with E-state index in [2.05, 4.69) is 17.6 Å². The van der Waals surface area contributed by atoms with Gasteiger partial charge < -0.3 is 10.5 Å². The van der Waals surface area contributed by atoms with E-state index in [0.717, 1.165) is 29.7 Å². The summed E-state index contributed by atoms with van der Waals surface area (Å²) in [6.45, 7) is 4.21. The third-order valence-corrected chi connectivity index (χ3v) is 5.00. The Balaban J connectivity index is 2.01. The number of nitrogens with two attached hydrogens (primary N) is 1. The maximum absolute atomic E-state index is 12.3. The Bertz CT molecular complexity index is 692. The summed E-state index contributed by atoms with van der Waals surface area (Å²) in [4.78, 5) is 16.9. The molecule has 3 atom stereocenters. The topological polar surface area (TPSA) is 65.2 Å². The number of nitrogens with zero attached hydrogens (tertiary/aromatic N) is 1. The number of amides is 1. The van der Waals surface area contributed by atoms with Crippen molar-refractivity contribution in [2.75, 3.05) is 7.11 Å². The van der Waals surface area contributed by atoms with Crippen LogP contribution in [0.15, 0.2) is 35.9 Å². The zero-order chi connectivity index (χ0) is 14.1. The van der Waals surface area contributed by atoms with Crippen LogP contribution in [0.2, 0.25) is 0 Å². The number of ether oxygens (including phenoxy) is 1. The van der Waals surface area contributed by atoms with E-state index >= 15 is 0 Å². The number of methoxy groups -OCH3 is 1. The van der Waals surface area contributed by atoms with Crippen LogP contribution in [0.5, 0.6) is 5.88 Å². The Morgan fingerprint density at radius 3 is 3.00 bits per heavy atom. The van der Waals surface area contributed by atoms with Gasteiger partial charge >= 0.3 is 0 Å². The van der Waals surface area contributed by atoms with Crippen molar-refractivity contribution in [1.29, 1.82) is 0 Å². The van der Waals surface area contributed by atoms with Crippen molar-refractivity contribution in [2.45, 2.75) is 18.3 Å². The molecule has 4 heteroatoms. The van der Waals surface area contributed by atoms with E-state index in [9.17, 15) is 4.79 Å². The van der Waals surface area contributed by atoms with Gasteiger partial charge in [-0.3, -0.25) is 4.79 Å². The number of hydrogen-bond donors (Lipinski definition) is 1. The van der Waals surface area contributed by atoms with Crippen LogP contribution in [-0.2, 0) is 16.6 Å². The first-order valence-electron chi connectivity index (χ1n) is 6.83. The predicted octanol–water partition coefficient (Wildman–Crippen LogP) is 1.50. The van der Waals surface area contributed by atoms with E-state index < -0.39 is 5.41 Å². The molecule has 20 heavy (non-hydrogen) atoms. The lowest BCUT2D eigenvalue weighted by molar-refractivity contribution is -0.123. The van der Waals surface area contributed by atoms with Crippen molar-refractivity contribution in [3.8, 4) is 5.88 Å². The lowest BCUT2D eigenvalue weighted by Crippen LogP contribution is -2.50. The molecule has 4 rings (SSSR count). The van der Waals surface area contributed by atoms with Gasteiger partial charge in [0.15, 0.2) is 0 Å². The molecule has 3 aliphatic rings. The highest BCUT2D eigenvalue weighted by molar-refractivity contribution is 5.94. The number of carbonyl (C=O) groups excluding carboxylic acids is 1. The molecular weight excluding hydrogens is 252 g/mol. The average molecular weight is 268 g/mol. The minimum Gasteiger partial charge on any atom is -0.481 e. The van der Waals surface area contributed by atoms with Crippen LogP contribution in [0.3, 0.4) is 0 Å². The smallest absolute Gasteiger partial charge is 0.232 e. The monoisotopic (exact) mass is 268 g/mol. The molecule has 1 aromatic rings. The fourth-order valence-electron chi connectivity index (χ4n) is 3.99.